The Morgan fingerprint density at radius 3 is 1.47 bits per heavy atom. The predicted octanol–water partition coefficient (Wildman–Crippen LogP) is 10.7. The van der Waals surface area contributed by atoms with Gasteiger partial charge in [0.1, 0.15) is 34.5 Å². The SMILES string of the molecule is Cc1cc(F)c(C(=O)Nc2ccnc(C(N)=O)c2)c(C(F)(F)F)c1.[2H]C([2H])([2H])Oc1cc(OC(F)(F)F)ccc1O.[2H]C([2H])([2H])Oc1cc(OC(F)(F)F)ccc1Oc1cc(C)cc(C(F)(F)F)c1C(=O)Nc1ccnc(C(N)=O)c1. The monoisotopic (exact) mass is 1080 g/mol. The van der Waals surface area contributed by atoms with Gasteiger partial charge in [-0.25, -0.2) is 4.39 Å². The van der Waals surface area contributed by atoms with Crippen molar-refractivity contribution in [2.75, 3.05) is 24.7 Å². The molecule has 0 fully saturated rings. The van der Waals surface area contributed by atoms with Crippen molar-refractivity contribution < 1.29 is 113 Å². The molecule has 6 rings (SSSR count). The number of aromatic nitrogens is 2. The van der Waals surface area contributed by atoms with Gasteiger partial charge in [-0.05, 0) is 97.8 Å². The molecule has 2 aromatic heterocycles. The number of pyridine rings is 2. The number of aryl methyl sites for hydroxylation is 2. The molecule has 29 heteroatoms. The van der Waals surface area contributed by atoms with Crippen molar-refractivity contribution in [1.29, 1.82) is 0 Å². The van der Waals surface area contributed by atoms with Crippen LogP contribution < -0.4 is 45.8 Å². The van der Waals surface area contributed by atoms with Crippen LogP contribution in [0.4, 0.5) is 68.5 Å². The van der Waals surface area contributed by atoms with E-state index in [1.54, 1.807) is 0 Å². The van der Waals surface area contributed by atoms with Gasteiger partial charge in [-0.3, -0.25) is 29.1 Å². The summed E-state index contributed by atoms with van der Waals surface area (Å²) in [6.45, 7) is 2.52. The number of nitrogens with one attached hydrogen (secondary N) is 2. The fourth-order valence-corrected chi connectivity index (χ4v) is 5.90. The molecule has 0 unspecified atom stereocenters. The summed E-state index contributed by atoms with van der Waals surface area (Å²) in [5.74, 6) is -10.9. The molecule has 0 spiro atoms. The molecular weight excluding hydrogens is 1040 g/mol. The van der Waals surface area contributed by atoms with Gasteiger partial charge in [0.2, 0.25) is 0 Å². The molecule has 4 aromatic carbocycles. The van der Waals surface area contributed by atoms with Crippen molar-refractivity contribution in [2.24, 2.45) is 11.5 Å². The first-order valence-corrected chi connectivity index (χ1v) is 19.8. The second-order valence-electron chi connectivity index (χ2n) is 14.5. The first kappa shape index (κ1) is 49.5. The first-order chi connectivity index (χ1) is 37.0. The van der Waals surface area contributed by atoms with Crippen LogP contribution in [0.15, 0.2) is 97.3 Å². The Kier molecular flexibility index (Phi) is 15.6. The zero-order valence-corrected chi connectivity index (χ0v) is 37.3. The van der Waals surface area contributed by atoms with Crippen molar-refractivity contribution in [3.8, 4) is 40.2 Å². The molecule has 0 atom stereocenters. The molecular formula is C46H35F13N6O10. The van der Waals surface area contributed by atoms with E-state index in [-0.39, 0.29) is 33.9 Å². The molecule has 0 aliphatic carbocycles. The minimum atomic E-state index is -5.16. The van der Waals surface area contributed by atoms with E-state index in [1.165, 1.54) is 19.9 Å². The number of anilines is 2. The molecule has 75 heavy (non-hydrogen) atoms. The molecule has 7 N–H and O–H groups in total. The topological polar surface area (TPSA) is 237 Å². The van der Waals surface area contributed by atoms with Crippen LogP contribution in [0.2, 0.25) is 0 Å². The van der Waals surface area contributed by atoms with Crippen LogP contribution in [0.5, 0.6) is 40.2 Å². The summed E-state index contributed by atoms with van der Waals surface area (Å²) in [5, 5.41) is 13.5. The van der Waals surface area contributed by atoms with Crippen LogP contribution in [-0.2, 0) is 12.4 Å². The maximum atomic E-state index is 14.0. The highest BCUT2D eigenvalue weighted by atomic mass is 19.4. The van der Waals surface area contributed by atoms with Gasteiger partial charge in [0, 0.05) is 35.9 Å². The van der Waals surface area contributed by atoms with E-state index < -0.39 is 131 Å². The Bertz CT molecular complexity index is 3310. The van der Waals surface area contributed by atoms with Crippen molar-refractivity contribution in [3.63, 3.8) is 0 Å². The molecule has 0 bridgehead atoms. The minimum absolute atomic E-state index is 0.0244. The number of ether oxygens (including phenoxy) is 5. The summed E-state index contributed by atoms with van der Waals surface area (Å²) in [6, 6.07) is 11.9. The highest BCUT2D eigenvalue weighted by molar-refractivity contribution is 6.08. The second kappa shape index (κ2) is 23.7. The lowest BCUT2D eigenvalue weighted by molar-refractivity contribution is -0.275. The molecule has 0 saturated carbocycles. The first-order valence-electron chi connectivity index (χ1n) is 22.8. The van der Waals surface area contributed by atoms with E-state index in [1.807, 2.05) is 0 Å². The summed E-state index contributed by atoms with van der Waals surface area (Å²) in [7, 11) is -6.10. The van der Waals surface area contributed by atoms with Crippen molar-refractivity contribution in [3.05, 3.63) is 148 Å². The zero-order valence-electron chi connectivity index (χ0n) is 43.3. The Morgan fingerprint density at radius 2 is 1.00 bits per heavy atom. The van der Waals surface area contributed by atoms with Crippen LogP contribution in [0.25, 0.3) is 0 Å². The predicted molar refractivity (Wildman–Crippen MR) is 235 cm³/mol. The molecule has 0 saturated heterocycles. The van der Waals surface area contributed by atoms with E-state index in [0.29, 0.717) is 30.3 Å². The van der Waals surface area contributed by atoms with Gasteiger partial charge in [0.15, 0.2) is 23.0 Å². The van der Waals surface area contributed by atoms with Gasteiger partial charge in [-0.2, -0.15) is 26.3 Å². The van der Waals surface area contributed by atoms with Gasteiger partial charge < -0.3 is 50.9 Å². The number of nitrogens with zero attached hydrogens (tertiary/aromatic N) is 2. The van der Waals surface area contributed by atoms with Crippen LogP contribution in [0.3, 0.4) is 0 Å². The van der Waals surface area contributed by atoms with Crippen molar-refractivity contribution >= 4 is 35.0 Å². The molecule has 0 aliphatic heterocycles. The summed E-state index contributed by atoms with van der Waals surface area (Å²) < 4.78 is 232. The number of methoxy groups -OCH3 is 2. The lowest BCUT2D eigenvalue weighted by Gasteiger charge is -2.19. The lowest BCUT2D eigenvalue weighted by Crippen LogP contribution is -2.21. The number of halogens is 13. The van der Waals surface area contributed by atoms with E-state index in [0.717, 1.165) is 60.9 Å². The van der Waals surface area contributed by atoms with Gasteiger partial charge in [0.05, 0.1) is 44.6 Å². The Balaban J connectivity index is 0.000000290. The number of alkyl halides is 12. The van der Waals surface area contributed by atoms with Crippen LogP contribution in [-0.4, -0.2) is 65.5 Å². The maximum absolute atomic E-state index is 14.0. The van der Waals surface area contributed by atoms with Gasteiger partial charge >= 0.3 is 25.1 Å². The number of rotatable bonds is 12. The van der Waals surface area contributed by atoms with Crippen molar-refractivity contribution in [1.82, 2.24) is 9.97 Å². The van der Waals surface area contributed by atoms with E-state index >= 15 is 0 Å². The Labute approximate surface area is 421 Å². The zero-order chi connectivity index (χ0) is 61.4. The van der Waals surface area contributed by atoms with Crippen LogP contribution >= 0.6 is 0 Å². The van der Waals surface area contributed by atoms with E-state index in [4.69, 9.17) is 24.4 Å². The number of carbonyl (C=O) groups is 4. The minimum Gasteiger partial charge on any atom is -0.504 e. The molecule has 400 valence electrons. The third-order valence-corrected chi connectivity index (χ3v) is 8.84. The number of hydrogen-bond donors (Lipinski definition) is 5. The molecule has 4 amide bonds. The number of carbonyl (C=O) groups excluding carboxylic acids is 4. The van der Waals surface area contributed by atoms with Gasteiger partial charge in [-0.1, -0.05) is 0 Å². The summed E-state index contributed by atoms with van der Waals surface area (Å²) >= 11 is 0. The number of primary amides is 2. The standard InChI is InChI=1S/C23H17F6N3O5.C15H11F4N3O2.C8H7F3O3/c1-11-7-14(22(24,25)26)19(21(34)32-12-5-6-31-15(9-12)20(30)33)18(8-11)36-16-4-3-13(10-17(16)35-2)37-23(27,28)29;1-7-4-9(15(17,18)19)12(10(16)5-7)14(24)22-8-2-3-21-11(6-8)13(20)23;1-13-7-4-5(2-3-6(7)12)14-8(9,10)11/h3-10H,1-2H3,(H2,30,33)(H,31,32,34);2-6H,1H3,(H2,20,23)(H,21,22,24);2-4,12H,1H3/i2D3;;1D3. The van der Waals surface area contributed by atoms with Crippen LogP contribution in [0, 0.1) is 19.7 Å². The quantitative estimate of drug-likeness (QED) is 0.0720. The van der Waals surface area contributed by atoms with Crippen LogP contribution in [0.1, 0.15) is 72.2 Å². The number of benzene rings is 4. The largest absolute Gasteiger partial charge is 0.573 e. The van der Waals surface area contributed by atoms with Gasteiger partial charge in [0.25, 0.3) is 23.6 Å². The van der Waals surface area contributed by atoms with Crippen molar-refractivity contribution in [2.45, 2.75) is 38.9 Å². The number of hydrogen-bond acceptors (Lipinski definition) is 12. The summed E-state index contributed by atoms with van der Waals surface area (Å²) in [4.78, 5) is 54.9. The number of aromatic hydroxyl groups is 1. The fourth-order valence-electron chi connectivity index (χ4n) is 5.90. The number of phenolic OH excluding ortho intramolecular Hbond substituents is 1. The van der Waals surface area contributed by atoms with E-state index in [9.17, 15) is 81.4 Å². The Hall–Kier alpha value is -9.05. The number of phenols is 1. The highest BCUT2D eigenvalue weighted by Crippen LogP contribution is 2.42. The lowest BCUT2D eigenvalue weighted by atomic mass is 10.0. The Morgan fingerprint density at radius 1 is 0.560 bits per heavy atom. The second-order valence-corrected chi connectivity index (χ2v) is 14.5. The summed E-state index contributed by atoms with van der Waals surface area (Å²) in [5.41, 5.74) is 4.36. The average molecular weight is 1080 g/mol. The molecule has 6 aromatic rings. The third-order valence-electron chi connectivity index (χ3n) is 8.84. The van der Waals surface area contributed by atoms with E-state index in [2.05, 4.69) is 39.5 Å². The molecule has 2 heterocycles. The fraction of sp³-hybridized carbons (Fsp3) is 0.174. The maximum Gasteiger partial charge on any atom is 0.573 e. The average Bonchev–Trinajstić information content (AvgIpc) is 3.36. The smallest absolute Gasteiger partial charge is 0.504 e. The molecule has 16 nitrogen and oxygen atoms in total. The molecule has 0 aliphatic rings. The van der Waals surface area contributed by atoms with Gasteiger partial charge in [-0.15, -0.1) is 26.3 Å². The number of amides is 4. The normalized spacial score (nSPS) is 12.9. The number of nitrogens with two attached hydrogens (primary N) is 2. The summed E-state index contributed by atoms with van der Waals surface area (Å²) in [6.07, 6.45) is -17.9. The highest BCUT2D eigenvalue weighted by Gasteiger charge is 2.39. The third kappa shape index (κ3) is 17.0. The molecule has 0 radical (unpaired) electrons.